The molecule has 2 fully saturated rings. The molecule has 3 nitrogen and oxygen atoms in total. The zero-order valence-electron chi connectivity index (χ0n) is 12.4. The van der Waals surface area contributed by atoms with Crippen molar-refractivity contribution in [1.29, 1.82) is 0 Å². The van der Waals surface area contributed by atoms with Crippen LogP contribution in [0.4, 0.5) is 0 Å². The molecule has 3 rings (SSSR count). The summed E-state index contributed by atoms with van der Waals surface area (Å²) in [6, 6.07) is 8.10. The molecule has 116 valence electrons. The summed E-state index contributed by atoms with van der Waals surface area (Å²) in [6.07, 6.45) is 4.89. The first-order valence-electron chi connectivity index (χ1n) is 7.88. The van der Waals surface area contributed by atoms with Gasteiger partial charge < -0.3 is 14.7 Å². The van der Waals surface area contributed by atoms with Gasteiger partial charge in [-0.2, -0.15) is 0 Å². The van der Waals surface area contributed by atoms with Crippen LogP contribution in [0.25, 0.3) is 0 Å². The molecule has 1 spiro atoms. The molecule has 0 radical (unpaired) electrons. The Labute approximate surface area is 131 Å². The van der Waals surface area contributed by atoms with Gasteiger partial charge in [-0.1, -0.05) is 23.7 Å². The van der Waals surface area contributed by atoms with E-state index >= 15 is 0 Å². The highest BCUT2D eigenvalue weighted by Crippen LogP contribution is 2.42. The van der Waals surface area contributed by atoms with E-state index in [1.54, 1.807) is 0 Å². The van der Waals surface area contributed by atoms with Crippen molar-refractivity contribution in [3.8, 4) is 0 Å². The summed E-state index contributed by atoms with van der Waals surface area (Å²) in [5, 5.41) is 9.82. The van der Waals surface area contributed by atoms with E-state index in [1.165, 1.54) is 24.8 Å². The third-order valence-electron chi connectivity index (χ3n) is 5.00. The number of hydrogen-bond donors (Lipinski definition) is 1. The first-order chi connectivity index (χ1) is 10.2. The van der Waals surface area contributed by atoms with Gasteiger partial charge in [0.1, 0.15) is 0 Å². The predicted octanol–water partition coefficient (Wildman–Crippen LogP) is 2.75. The standard InChI is InChI=1S/C17H24ClNO2/c18-15-3-1-14(2-4-15)11-16-12-17(13-21-16)5-7-19(8-6-17)9-10-20/h1-4,16,20H,5-13H2. The van der Waals surface area contributed by atoms with Crippen molar-refractivity contribution < 1.29 is 9.84 Å². The van der Waals surface area contributed by atoms with Gasteiger partial charge in [-0.15, -0.1) is 0 Å². The Kier molecular flexibility index (Phi) is 4.85. The summed E-state index contributed by atoms with van der Waals surface area (Å²) in [5.74, 6) is 0. The minimum atomic E-state index is 0.267. The molecule has 2 heterocycles. The van der Waals surface area contributed by atoms with Crippen LogP contribution in [0.5, 0.6) is 0 Å². The topological polar surface area (TPSA) is 32.7 Å². The number of piperidine rings is 1. The number of halogens is 1. The van der Waals surface area contributed by atoms with Gasteiger partial charge in [-0.25, -0.2) is 0 Å². The summed E-state index contributed by atoms with van der Waals surface area (Å²) >= 11 is 5.93. The Morgan fingerprint density at radius 2 is 1.95 bits per heavy atom. The Morgan fingerprint density at radius 3 is 2.62 bits per heavy atom. The molecule has 2 saturated heterocycles. The number of aliphatic hydroxyl groups excluding tert-OH is 1. The number of β-amino-alcohol motifs (C(OH)–C–C–N with tert-alkyl or cyclic N) is 1. The maximum atomic E-state index is 9.03. The van der Waals surface area contributed by atoms with E-state index in [0.717, 1.165) is 37.7 Å². The van der Waals surface area contributed by atoms with E-state index < -0.39 is 0 Å². The van der Waals surface area contributed by atoms with E-state index in [-0.39, 0.29) is 6.61 Å². The molecule has 0 aromatic heterocycles. The van der Waals surface area contributed by atoms with Crippen LogP contribution in [0.15, 0.2) is 24.3 Å². The first kappa shape index (κ1) is 15.3. The van der Waals surface area contributed by atoms with E-state index in [4.69, 9.17) is 21.4 Å². The van der Waals surface area contributed by atoms with E-state index in [0.29, 0.717) is 11.5 Å². The molecular formula is C17H24ClNO2. The lowest BCUT2D eigenvalue weighted by atomic mass is 9.76. The summed E-state index contributed by atoms with van der Waals surface area (Å²) in [7, 11) is 0. The third kappa shape index (κ3) is 3.78. The molecular weight excluding hydrogens is 286 g/mol. The van der Waals surface area contributed by atoms with Gasteiger partial charge in [0.2, 0.25) is 0 Å². The van der Waals surface area contributed by atoms with Crippen molar-refractivity contribution in [2.24, 2.45) is 5.41 Å². The summed E-state index contributed by atoms with van der Waals surface area (Å²) in [5.41, 5.74) is 1.68. The lowest BCUT2D eigenvalue weighted by Gasteiger charge is -2.38. The third-order valence-corrected chi connectivity index (χ3v) is 5.25. The first-order valence-corrected chi connectivity index (χ1v) is 8.26. The van der Waals surface area contributed by atoms with Crippen molar-refractivity contribution >= 4 is 11.6 Å². The van der Waals surface area contributed by atoms with E-state index in [1.807, 2.05) is 12.1 Å². The SMILES string of the molecule is OCCN1CCC2(CC1)COC(Cc1ccc(Cl)cc1)C2. The smallest absolute Gasteiger partial charge is 0.0621 e. The molecule has 1 atom stereocenters. The number of rotatable bonds is 4. The van der Waals surface area contributed by atoms with Crippen molar-refractivity contribution in [2.75, 3.05) is 32.8 Å². The number of ether oxygens (including phenoxy) is 1. The van der Waals surface area contributed by atoms with E-state index in [2.05, 4.69) is 17.0 Å². The van der Waals surface area contributed by atoms with Gasteiger partial charge >= 0.3 is 0 Å². The lowest BCUT2D eigenvalue weighted by molar-refractivity contribution is 0.0600. The predicted molar refractivity (Wildman–Crippen MR) is 84.7 cm³/mol. The summed E-state index contributed by atoms with van der Waals surface area (Å²) in [4.78, 5) is 2.36. The normalized spacial score (nSPS) is 25.5. The highest BCUT2D eigenvalue weighted by molar-refractivity contribution is 6.30. The number of benzene rings is 1. The number of likely N-dealkylation sites (tertiary alicyclic amines) is 1. The minimum Gasteiger partial charge on any atom is -0.395 e. The maximum Gasteiger partial charge on any atom is 0.0621 e. The Morgan fingerprint density at radius 1 is 1.24 bits per heavy atom. The van der Waals surface area contributed by atoms with Crippen LogP contribution in [0.1, 0.15) is 24.8 Å². The fraction of sp³-hybridized carbons (Fsp3) is 0.647. The zero-order valence-corrected chi connectivity index (χ0v) is 13.2. The molecule has 21 heavy (non-hydrogen) atoms. The molecule has 1 aromatic carbocycles. The molecule has 2 aliphatic heterocycles. The van der Waals surface area contributed by atoms with Crippen molar-refractivity contribution in [3.05, 3.63) is 34.9 Å². The second-order valence-electron chi connectivity index (χ2n) is 6.53. The van der Waals surface area contributed by atoms with Gasteiger partial charge in [-0.3, -0.25) is 0 Å². The van der Waals surface area contributed by atoms with Crippen molar-refractivity contribution in [2.45, 2.75) is 31.8 Å². The van der Waals surface area contributed by atoms with Crippen LogP contribution in [-0.4, -0.2) is 49.0 Å². The fourth-order valence-electron chi connectivity index (χ4n) is 3.65. The van der Waals surface area contributed by atoms with Gasteiger partial charge in [0.15, 0.2) is 0 Å². The summed E-state index contributed by atoms with van der Waals surface area (Å²) in [6.45, 7) is 4.17. The zero-order chi connectivity index (χ0) is 14.7. The molecule has 0 amide bonds. The van der Waals surface area contributed by atoms with Gasteiger partial charge in [0.25, 0.3) is 0 Å². The molecule has 4 heteroatoms. The van der Waals surface area contributed by atoms with Gasteiger partial charge in [0.05, 0.1) is 19.3 Å². The van der Waals surface area contributed by atoms with Crippen LogP contribution >= 0.6 is 11.6 Å². The number of hydrogen-bond acceptors (Lipinski definition) is 3. The van der Waals surface area contributed by atoms with Crippen LogP contribution in [0, 0.1) is 5.41 Å². The second-order valence-corrected chi connectivity index (χ2v) is 6.97. The van der Waals surface area contributed by atoms with Crippen LogP contribution in [0.2, 0.25) is 5.02 Å². The van der Waals surface area contributed by atoms with Crippen LogP contribution in [-0.2, 0) is 11.2 Å². The fourth-order valence-corrected chi connectivity index (χ4v) is 3.78. The quantitative estimate of drug-likeness (QED) is 0.928. The average molecular weight is 310 g/mol. The summed E-state index contributed by atoms with van der Waals surface area (Å²) < 4.78 is 6.07. The Hall–Kier alpha value is -0.610. The molecule has 0 aliphatic carbocycles. The molecule has 1 aromatic rings. The molecule has 0 saturated carbocycles. The molecule has 1 unspecified atom stereocenters. The lowest BCUT2D eigenvalue weighted by Crippen LogP contribution is -2.41. The largest absolute Gasteiger partial charge is 0.395 e. The Bertz CT molecular complexity index is 454. The van der Waals surface area contributed by atoms with Gasteiger partial charge in [0, 0.05) is 11.6 Å². The van der Waals surface area contributed by atoms with Crippen LogP contribution in [0.3, 0.4) is 0 Å². The maximum absolute atomic E-state index is 9.03. The minimum absolute atomic E-state index is 0.267. The van der Waals surface area contributed by atoms with Gasteiger partial charge in [-0.05, 0) is 61.9 Å². The Balaban J connectivity index is 1.52. The molecule has 1 N–H and O–H groups in total. The highest BCUT2D eigenvalue weighted by atomic mass is 35.5. The van der Waals surface area contributed by atoms with Crippen molar-refractivity contribution in [1.82, 2.24) is 4.90 Å². The number of aliphatic hydroxyl groups is 1. The average Bonchev–Trinajstić information content (AvgIpc) is 2.87. The second kappa shape index (κ2) is 6.66. The van der Waals surface area contributed by atoms with Crippen molar-refractivity contribution in [3.63, 3.8) is 0 Å². The molecule has 2 aliphatic rings. The molecule has 0 bridgehead atoms. The van der Waals surface area contributed by atoms with Crippen LogP contribution < -0.4 is 0 Å². The van der Waals surface area contributed by atoms with E-state index in [9.17, 15) is 0 Å². The highest BCUT2D eigenvalue weighted by Gasteiger charge is 2.42. The monoisotopic (exact) mass is 309 g/mol. The number of nitrogens with zero attached hydrogens (tertiary/aromatic N) is 1.